The molecule has 3 aliphatic rings. The zero-order chi connectivity index (χ0) is 16.9. The standard InChI is InChI=1S/C19H24FNO3/c20-15-5-3-12(4-6-15)19(9-18(24)21-10-17(23)11-21)13-1-2-14(19)8-16(22)7-13/h3-6,13-14,16-17,22-23H,1-2,7-11H2. The summed E-state index contributed by atoms with van der Waals surface area (Å²) < 4.78 is 13.4. The number of rotatable bonds is 3. The van der Waals surface area contributed by atoms with Crippen molar-refractivity contribution in [3.8, 4) is 0 Å². The fourth-order valence-corrected chi connectivity index (χ4v) is 5.30. The fourth-order valence-electron chi connectivity index (χ4n) is 5.30. The largest absolute Gasteiger partial charge is 0.393 e. The summed E-state index contributed by atoms with van der Waals surface area (Å²) in [5.74, 6) is 0.311. The van der Waals surface area contributed by atoms with Crippen molar-refractivity contribution in [2.24, 2.45) is 11.8 Å². The van der Waals surface area contributed by atoms with Crippen LogP contribution < -0.4 is 0 Å². The third-order valence-corrected chi connectivity index (χ3v) is 6.47. The number of halogens is 1. The molecule has 2 saturated carbocycles. The molecule has 1 aromatic carbocycles. The van der Waals surface area contributed by atoms with Crippen LogP contribution in [0.2, 0.25) is 0 Å². The van der Waals surface area contributed by atoms with Crippen molar-refractivity contribution in [3.05, 3.63) is 35.6 Å². The summed E-state index contributed by atoms with van der Waals surface area (Å²) in [5.41, 5.74) is 0.725. The SMILES string of the molecule is O=C(CC1(c2ccc(F)cc2)C2CCC1CC(O)C2)N1CC(O)C1. The molecule has 2 aliphatic carbocycles. The normalized spacial score (nSPS) is 35.8. The molecule has 1 aromatic rings. The maximum absolute atomic E-state index is 13.4. The van der Waals surface area contributed by atoms with E-state index < -0.39 is 6.10 Å². The molecule has 2 atom stereocenters. The Bertz CT molecular complexity index is 612. The van der Waals surface area contributed by atoms with E-state index in [1.54, 1.807) is 4.90 Å². The number of aliphatic hydroxyl groups is 2. The monoisotopic (exact) mass is 333 g/mol. The molecule has 4 nitrogen and oxygen atoms in total. The van der Waals surface area contributed by atoms with Gasteiger partial charge in [0.2, 0.25) is 5.91 Å². The number of carbonyl (C=O) groups is 1. The molecule has 1 heterocycles. The highest BCUT2D eigenvalue weighted by Crippen LogP contribution is 2.58. The molecule has 2 unspecified atom stereocenters. The van der Waals surface area contributed by atoms with E-state index in [1.807, 2.05) is 12.1 Å². The van der Waals surface area contributed by atoms with Crippen LogP contribution in [-0.4, -0.2) is 46.3 Å². The summed E-state index contributed by atoms with van der Waals surface area (Å²) in [6, 6.07) is 6.58. The van der Waals surface area contributed by atoms with Crippen LogP contribution in [0.3, 0.4) is 0 Å². The lowest BCUT2D eigenvalue weighted by atomic mass is 9.59. The van der Waals surface area contributed by atoms with Crippen molar-refractivity contribution >= 4 is 5.91 Å². The van der Waals surface area contributed by atoms with Gasteiger partial charge in [-0.15, -0.1) is 0 Å². The molecule has 0 radical (unpaired) electrons. The number of β-amino-alcohol motifs (C(OH)–C–C–N with tert-alkyl or cyclic N) is 1. The average Bonchev–Trinajstić information content (AvgIpc) is 2.71. The van der Waals surface area contributed by atoms with Gasteiger partial charge < -0.3 is 15.1 Å². The lowest BCUT2D eigenvalue weighted by molar-refractivity contribution is -0.144. The quantitative estimate of drug-likeness (QED) is 0.887. The van der Waals surface area contributed by atoms with Crippen LogP contribution in [0.15, 0.2) is 24.3 Å². The molecule has 2 bridgehead atoms. The second-order valence-corrected chi connectivity index (χ2v) is 7.77. The molecule has 24 heavy (non-hydrogen) atoms. The molecular formula is C19H24FNO3. The van der Waals surface area contributed by atoms with Crippen LogP contribution in [0.5, 0.6) is 0 Å². The van der Waals surface area contributed by atoms with Gasteiger partial charge in [-0.25, -0.2) is 4.39 Å². The van der Waals surface area contributed by atoms with Crippen LogP contribution >= 0.6 is 0 Å². The van der Waals surface area contributed by atoms with Crippen LogP contribution in [0.1, 0.15) is 37.7 Å². The van der Waals surface area contributed by atoms with Gasteiger partial charge in [0.1, 0.15) is 5.82 Å². The summed E-state index contributed by atoms with van der Waals surface area (Å²) >= 11 is 0. The van der Waals surface area contributed by atoms with Gasteiger partial charge in [-0.3, -0.25) is 4.79 Å². The Morgan fingerprint density at radius 2 is 1.67 bits per heavy atom. The number of likely N-dealkylation sites (tertiary alicyclic amines) is 1. The Morgan fingerprint density at radius 1 is 1.08 bits per heavy atom. The van der Waals surface area contributed by atoms with Gasteiger partial charge in [-0.05, 0) is 55.2 Å². The van der Waals surface area contributed by atoms with Gasteiger partial charge in [-0.1, -0.05) is 12.1 Å². The second kappa shape index (κ2) is 5.81. The van der Waals surface area contributed by atoms with Gasteiger partial charge in [0.05, 0.1) is 12.2 Å². The van der Waals surface area contributed by atoms with Gasteiger partial charge in [0.15, 0.2) is 0 Å². The molecule has 3 fully saturated rings. The van der Waals surface area contributed by atoms with Crippen molar-refractivity contribution in [2.45, 2.75) is 49.7 Å². The summed E-state index contributed by atoms with van der Waals surface area (Å²) in [6.45, 7) is 0.826. The van der Waals surface area contributed by atoms with Crippen molar-refractivity contribution in [2.75, 3.05) is 13.1 Å². The summed E-state index contributed by atoms with van der Waals surface area (Å²) in [7, 11) is 0. The highest BCUT2D eigenvalue weighted by molar-refractivity contribution is 5.79. The van der Waals surface area contributed by atoms with E-state index in [0.717, 1.165) is 18.4 Å². The number of hydrogen-bond donors (Lipinski definition) is 2. The molecule has 0 spiro atoms. The highest BCUT2D eigenvalue weighted by Gasteiger charge is 2.56. The molecule has 1 amide bonds. The predicted octanol–water partition coefficient (Wildman–Crippen LogP) is 1.84. The summed E-state index contributed by atoms with van der Waals surface area (Å²) in [5, 5.41) is 19.6. The topological polar surface area (TPSA) is 60.8 Å². The maximum Gasteiger partial charge on any atom is 0.223 e. The number of nitrogens with zero attached hydrogens (tertiary/aromatic N) is 1. The Morgan fingerprint density at radius 3 is 2.21 bits per heavy atom. The first-order chi connectivity index (χ1) is 11.5. The smallest absolute Gasteiger partial charge is 0.223 e. The Balaban J connectivity index is 1.68. The third kappa shape index (κ3) is 2.45. The number of fused-ring (bicyclic) bond motifs is 2. The first kappa shape index (κ1) is 16.0. The van der Waals surface area contributed by atoms with Crippen LogP contribution in [0.25, 0.3) is 0 Å². The van der Waals surface area contributed by atoms with E-state index >= 15 is 0 Å². The van der Waals surface area contributed by atoms with Gasteiger partial charge in [-0.2, -0.15) is 0 Å². The molecule has 4 rings (SSSR count). The third-order valence-electron chi connectivity index (χ3n) is 6.47. The molecule has 5 heteroatoms. The zero-order valence-corrected chi connectivity index (χ0v) is 13.7. The van der Waals surface area contributed by atoms with E-state index in [9.17, 15) is 19.4 Å². The summed E-state index contributed by atoms with van der Waals surface area (Å²) in [4.78, 5) is 14.5. The lowest BCUT2D eigenvalue weighted by Crippen LogP contribution is -2.56. The van der Waals surface area contributed by atoms with E-state index in [0.29, 0.717) is 32.4 Å². The molecule has 1 aliphatic heterocycles. The van der Waals surface area contributed by atoms with Crippen LogP contribution in [0, 0.1) is 17.7 Å². The highest BCUT2D eigenvalue weighted by atomic mass is 19.1. The first-order valence-electron chi connectivity index (χ1n) is 8.89. The Kier molecular flexibility index (Phi) is 3.88. The zero-order valence-electron chi connectivity index (χ0n) is 13.7. The van der Waals surface area contributed by atoms with Crippen molar-refractivity contribution < 1.29 is 19.4 Å². The molecule has 1 saturated heterocycles. The maximum atomic E-state index is 13.4. The second-order valence-electron chi connectivity index (χ2n) is 7.77. The molecule has 0 aromatic heterocycles. The van der Waals surface area contributed by atoms with Gasteiger partial charge >= 0.3 is 0 Å². The van der Waals surface area contributed by atoms with E-state index in [4.69, 9.17) is 0 Å². The van der Waals surface area contributed by atoms with Gasteiger partial charge in [0.25, 0.3) is 0 Å². The number of benzene rings is 1. The first-order valence-corrected chi connectivity index (χ1v) is 8.89. The van der Waals surface area contributed by atoms with Gasteiger partial charge in [0, 0.05) is 24.9 Å². The molecule has 2 N–H and O–H groups in total. The molecular weight excluding hydrogens is 309 g/mol. The summed E-state index contributed by atoms with van der Waals surface area (Å²) in [6.07, 6.45) is 3.14. The Hall–Kier alpha value is -1.46. The lowest BCUT2D eigenvalue weighted by Gasteiger charge is -2.47. The van der Waals surface area contributed by atoms with Crippen molar-refractivity contribution in [3.63, 3.8) is 0 Å². The molecule has 130 valence electrons. The van der Waals surface area contributed by atoms with E-state index in [2.05, 4.69) is 0 Å². The minimum Gasteiger partial charge on any atom is -0.393 e. The minimum atomic E-state index is -0.402. The minimum absolute atomic E-state index is 0.0675. The number of hydrogen-bond acceptors (Lipinski definition) is 3. The van der Waals surface area contributed by atoms with Crippen LogP contribution in [-0.2, 0) is 10.2 Å². The number of carbonyl (C=O) groups excluding carboxylic acids is 1. The van der Waals surface area contributed by atoms with E-state index in [1.165, 1.54) is 12.1 Å². The van der Waals surface area contributed by atoms with Crippen molar-refractivity contribution in [1.82, 2.24) is 4.90 Å². The average molecular weight is 333 g/mol. The number of amides is 1. The number of aliphatic hydroxyl groups excluding tert-OH is 2. The van der Waals surface area contributed by atoms with Crippen LogP contribution in [0.4, 0.5) is 4.39 Å². The fraction of sp³-hybridized carbons (Fsp3) is 0.632. The predicted molar refractivity (Wildman–Crippen MR) is 86.7 cm³/mol. The van der Waals surface area contributed by atoms with Crippen molar-refractivity contribution in [1.29, 1.82) is 0 Å². The van der Waals surface area contributed by atoms with E-state index in [-0.39, 0.29) is 35.1 Å². The Labute approximate surface area is 141 Å².